The molecule has 0 atom stereocenters. The molecule has 0 aromatic heterocycles. The third kappa shape index (κ3) is 7.05. The molecule has 0 bridgehead atoms. The molecule has 0 N–H and O–H groups in total. The zero-order valence-corrected chi connectivity index (χ0v) is 15.7. The summed E-state index contributed by atoms with van der Waals surface area (Å²) in [5.74, 6) is 0.257. The molecule has 8 heteroatoms. The maximum atomic E-state index is 12.1. The molecule has 1 aliphatic rings. The van der Waals surface area contributed by atoms with Crippen LogP contribution in [0.15, 0.2) is 0 Å². The van der Waals surface area contributed by atoms with Crippen LogP contribution in [-0.4, -0.2) is 75.5 Å². The molecule has 0 aromatic carbocycles. The topological polar surface area (TPSA) is 76.2 Å². The van der Waals surface area contributed by atoms with Gasteiger partial charge in [-0.15, -0.1) is 0 Å². The highest BCUT2D eigenvalue weighted by atomic mass is 32.2. The Morgan fingerprint density at radius 2 is 1.83 bits per heavy atom. The van der Waals surface area contributed by atoms with Crippen molar-refractivity contribution in [3.05, 3.63) is 0 Å². The molecule has 1 aliphatic heterocycles. The summed E-state index contributed by atoms with van der Waals surface area (Å²) in [6.45, 7) is 7.42. The number of likely N-dealkylation sites (tertiary alicyclic amines) is 1. The normalized spacial score (nSPS) is 17.6. The van der Waals surface area contributed by atoms with Gasteiger partial charge in [0.2, 0.25) is 10.0 Å². The fourth-order valence-corrected chi connectivity index (χ4v) is 3.57. The minimum Gasteiger partial charge on any atom is -0.444 e. The van der Waals surface area contributed by atoms with Gasteiger partial charge in [-0.05, 0) is 39.5 Å². The SMILES string of the molecule is COCCS(=O)(=O)N(C)CC1CCN(C(=O)OC(C)(C)C)CC1. The van der Waals surface area contributed by atoms with Crippen LogP contribution in [0.1, 0.15) is 33.6 Å². The zero-order chi connectivity index (χ0) is 17.7. The lowest BCUT2D eigenvalue weighted by atomic mass is 9.97. The first kappa shape index (κ1) is 20.2. The minimum atomic E-state index is -3.27. The van der Waals surface area contributed by atoms with E-state index in [4.69, 9.17) is 9.47 Å². The number of amides is 1. The molecule has 1 fully saturated rings. The van der Waals surface area contributed by atoms with E-state index < -0.39 is 15.6 Å². The summed E-state index contributed by atoms with van der Waals surface area (Å²) in [5, 5.41) is 0. The number of sulfonamides is 1. The average Bonchev–Trinajstić information content (AvgIpc) is 2.44. The molecular weight excluding hydrogens is 320 g/mol. The molecule has 0 aliphatic carbocycles. The van der Waals surface area contributed by atoms with Gasteiger partial charge in [-0.3, -0.25) is 0 Å². The van der Waals surface area contributed by atoms with E-state index in [1.807, 2.05) is 20.8 Å². The van der Waals surface area contributed by atoms with Crippen molar-refractivity contribution in [1.29, 1.82) is 0 Å². The molecule has 136 valence electrons. The summed E-state index contributed by atoms with van der Waals surface area (Å²) in [5.41, 5.74) is -0.496. The fraction of sp³-hybridized carbons (Fsp3) is 0.933. The Bertz CT molecular complexity index is 479. The number of nitrogens with zero attached hydrogens (tertiary/aromatic N) is 2. The highest BCUT2D eigenvalue weighted by Crippen LogP contribution is 2.21. The van der Waals surface area contributed by atoms with Crippen LogP contribution in [-0.2, 0) is 19.5 Å². The quantitative estimate of drug-likeness (QED) is 0.726. The van der Waals surface area contributed by atoms with Crippen LogP contribution in [0.5, 0.6) is 0 Å². The third-order valence-corrected chi connectivity index (χ3v) is 5.58. The van der Waals surface area contributed by atoms with E-state index in [9.17, 15) is 13.2 Å². The van der Waals surface area contributed by atoms with Gasteiger partial charge in [0.15, 0.2) is 0 Å². The number of rotatable bonds is 6. The highest BCUT2D eigenvalue weighted by molar-refractivity contribution is 7.89. The van der Waals surface area contributed by atoms with Gasteiger partial charge in [0.1, 0.15) is 5.60 Å². The number of hydrogen-bond acceptors (Lipinski definition) is 5. The van der Waals surface area contributed by atoms with Gasteiger partial charge < -0.3 is 14.4 Å². The molecule has 1 saturated heterocycles. The Morgan fingerprint density at radius 3 is 2.30 bits per heavy atom. The van der Waals surface area contributed by atoms with Gasteiger partial charge >= 0.3 is 6.09 Å². The molecule has 0 aromatic rings. The monoisotopic (exact) mass is 350 g/mol. The molecule has 0 spiro atoms. The van der Waals surface area contributed by atoms with E-state index in [1.54, 1.807) is 11.9 Å². The van der Waals surface area contributed by atoms with Crippen molar-refractivity contribution in [1.82, 2.24) is 9.21 Å². The lowest BCUT2D eigenvalue weighted by Crippen LogP contribution is -2.44. The summed E-state index contributed by atoms with van der Waals surface area (Å²) >= 11 is 0. The van der Waals surface area contributed by atoms with Crippen LogP contribution in [0.3, 0.4) is 0 Å². The van der Waals surface area contributed by atoms with Crippen LogP contribution in [0.2, 0.25) is 0 Å². The van der Waals surface area contributed by atoms with Crippen molar-refractivity contribution in [3.63, 3.8) is 0 Å². The van der Waals surface area contributed by atoms with Gasteiger partial charge in [-0.25, -0.2) is 17.5 Å². The number of methoxy groups -OCH3 is 1. The predicted molar refractivity (Wildman–Crippen MR) is 88.8 cm³/mol. The molecule has 0 saturated carbocycles. The average molecular weight is 350 g/mol. The number of hydrogen-bond donors (Lipinski definition) is 0. The van der Waals surface area contributed by atoms with Gasteiger partial charge in [0.05, 0.1) is 12.4 Å². The van der Waals surface area contributed by atoms with Crippen molar-refractivity contribution < 1.29 is 22.7 Å². The van der Waals surface area contributed by atoms with Gasteiger partial charge in [-0.1, -0.05) is 0 Å². The second-order valence-corrected chi connectivity index (χ2v) is 9.20. The second kappa shape index (κ2) is 8.30. The Labute approximate surface area is 140 Å². The summed E-state index contributed by atoms with van der Waals surface area (Å²) in [6, 6.07) is 0. The molecular formula is C15H30N2O5S. The molecule has 0 radical (unpaired) electrons. The van der Waals surface area contributed by atoms with E-state index in [1.165, 1.54) is 11.4 Å². The number of carbonyl (C=O) groups excluding carboxylic acids is 1. The smallest absolute Gasteiger partial charge is 0.410 e. The third-order valence-electron chi connectivity index (χ3n) is 3.80. The summed E-state index contributed by atoms with van der Waals surface area (Å²) in [7, 11) is -0.182. The van der Waals surface area contributed by atoms with Crippen molar-refractivity contribution >= 4 is 16.1 Å². The minimum absolute atomic E-state index is 0.00322. The summed E-state index contributed by atoms with van der Waals surface area (Å²) in [6.07, 6.45) is 1.27. The van der Waals surface area contributed by atoms with E-state index in [-0.39, 0.29) is 24.4 Å². The van der Waals surface area contributed by atoms with Gasteiger partial charge in [0.25, 0.3) is 0 Å². The molecule has 1 heterocycles. The second-order valence-electron chi connectivity index (χ2n) is 7.00. The predicted octanol–water partition coefficient (Wildman–Crippen LogP) is 1.54. The Balaban J connectivity index is 2.43. The maximum absolute atomic E-state index is 12.1. The summed E-state index contributed by atoms with van der Waals surface area (Å²) < 4.78 is 35.7. The number of carbonyl (C=O) groups is 1. The van der Waals surface area contributed by atoms with Crippen LogP contribution < -0.4 is 0 Å². The molecule has 23 heavy (non-hydrogen) atoms. The van der Waals surface area contributed by atoms with Crippen LogP contribution in [0.4, 0.5) is 4.79 Å². The highest BCUT2D eigenvalue weighted by Gasteiger charge is 2.29. The van der Waals surface area contributed by atoms with Crippen molar-refractivity contribution in [3.8, 4) is 0 Å². The molecule has 0 unspecified atom stereocenters. The first-order chi connectivity index (χ1) is 10.5. The Kier molecular flexibility index (Phi) is 7.29. The van der Waals surface area contributed by atoms with Crippen LogP contribution in [0, 0.1) is 5.92 Å². The van der Waals surface area contributed by atoms with E-state index in [0.717, 1.165) is 12.8 Å². The van der Waals surface area contributed by atoms with Crippen LogP contribution in [0.25, 0.3) is 0 Å². The lowest BCUT2D eigenvalue weighted by Gasteiger charge is -2.34. The van der Waals surface area contributed by atoms with Crippen LogP contribution >= 0.6 is 0 Å². The first-order valence-corrected chi connectivity index (χ1v) is 9.57. The maximum Gasteiger partial charge on any atom is 0.410 e. The number of ether oxygens (including phenoxy) is 2. The van der Waals surface area contributed by atoms with E-state index in [0.29, 0.717) is 19.6 Å². The van der Waals surface area contributed by atoms with E-state index >= 15 is 0 Å². The Hall–Kier alpha value is -0.860. The first-order valence-electron chi connectivity index (χ1n) is 7.96. The molecule has 7 nitrogen and oxygen atoms in total. The fourth-order valence-electron chi connectivity index (χ4n) is 2.45. The number of piperidine rings is 1. The lowest BCUT2D eigenvalue weighted by molar-refractivity contribution is 0.0179. The van der Waals surface area contributed by atoms with Gasteiger partial charge in [-0.2, -0.15) is 0 Å². The molecule has 1 amide bonds. The Morgan fingerprint density at radius 1 is 1.26 bits per heavy atom. The van der Waals surface area contributed by atoms with Crippen molar-refractivity contribution in [2.45, 2.75) is 39.2 Å². The summed E-state index contributed by atoms with van der Waals surface area (Å²) in [4.78, 5) is 13.7. The van der Waals surface area contributed by atoms with E-state index in [2.05, 4.69) is 0 Å². The van der Waals surface area contributed by atoms with Crippen molar-refractivity contribution in [2.75, 3.05) is 46.2 Å². The largest absolute Gasteiger partial charge is 0.444 e. The molecule has 1 rings (SSSR count). The zero-order valence-electron chi connectivity index (χ0n) is 14.9. The standard InChI is InChI=1S/C15H30N2O5S/c1-15(2,3)22-14(18)17-8-6-13(7-9-17)12-16(4)23(19,20)11-10-21-5/h13H,6-12H2,1-5H3. The van der Waals surface area contributed by atoms with Crippen molar-refractivity contribution in [2.24, 2.45) is 5.92 Å². The van der Waals surface area contributed by atoms with Gasteiger partial charge in [0, 0.05) is 33.8 Å².